The standard InChI is InChI=1S/C18H18ClN3O5/c1-26-16-9-14(17(27-2)8-12(16)19)21-18(23)10-3-6-13(20-11-4-5-11)15(7-10)22(24)25/h3,6-9,11,20H,4-5H2,1-2H3,(H,21,23). The van der Waals surface area contributed by atoms with E-state index < -0.39 is 10.8 Å². The van der Waals surface area contributed by atoms with Crippen molar-refractivity contribution in [1.82, 2.24) is 0 Å². The molecule has 1 amide bonds. The van der Waals surface area contributed by atoms with Crippen molar-refractivity contribution < 1.29 is 19.2 Å². The molecule has 2 N–H and O–H groups in total. The van der Waals surface area contributed by atoms with Gasteiger partial charge in [-0.25, -0.2) is 0 Å². The number of halogens is 1. The fraction of sp³-hybridized carbons (Fsp3) is 0.278. The molecule has 0 spiro atoms. The number of ether oxygens (including phenoxy) is 2. The lowest BCUT2D eigenvalue weighted by Crippen LogP contribution is -2.14. The summed E-state index contributed by atoms with van der Waals surface area (Å²) in [5, 5.41) is 17.5. The molecule has 1 saturated carbocycles. The van der Waals surface area contributed by atoms with E-state index in [4.69, 9.17) is 21.1 Å². The van der Waals surface area contributed by atoms with Crippen molar-refractivity contribution in [1.29, 1.82) is 0 Å². The van der Waals surface area contributed by atoms with Crippen LogP contribution in [0.15, 0.2) is 30.3 Å². The average molecular weight is 392 g/mol. The first-order chi connectivity index (χ1) is 12.9. The maximum Gasteiger partial charge on any atom is 0.293 e. The van der Waals surface area contributed by atoms with Crippen molar-refractivity contribution in [2.45, 2.75) is 18.9 Å². The average Bonchev–Trinajstić information content (AvgIpc) is 3.46. The summed E-state index contributed by atoms with van der Waals surface area (Å²) in [5.74, 6) is 0.192. The molecule has 0 saturated heterocycles. The molecule has 0 heterocycles. The van der Waals surface area contributed by atoms with Crippen LogP contribution >= 0.6 is 11.6 Å². The number of nitrogens with zero attached hydrogens (tertiary/aromatic N) is 1. The van der Waals surface area contributed by atoms with Gasteiger partial charge in [0.25, 0.3) is 11.6 Å². The molecule has 3 rings (SSSR count). The maximum absolute atomic E-state index is 12.6. The highest BCUT2D eigenvalue weighted by Gasteiger charge is 2.25. The lowest BCUT2D eigenvalue weighted by atomic mass is 10.1. The van der Waals surface area contributed by atoms with E-state index in [9.17, 15) is 14.9 Å². The van der Waals surface area contributed by atoms with Gasteiger partial charge in [-0.15, -0.1) is 0 Å². The number of carbonyl (C=O) groups is 1. The van der Waals surface area contributed by atoms with E-state index in [2.05, 4.69) is 10.6 Å². The van der Waals surface area contributed by atoms with Crippen molar-refractivity contribution in [2.24, 2.45) is 0 Å². The van der Waals surface area contributed by atoms with Crippen LogP contribution in [0, 0.1) is 10.1 Å². The number of benzene rings is 2. The molecule has 1 fully saturated rings. The number of hydrogen-bond acceptors (Lipinski definition) is 6. The Kier molecular flexibility index (Phi) is 5.36. The van der Waals surface area contributed by atoms with Crippen LogP contribution in [0.4, 0.5) is 17.1 Å². The van der Waals surface area contributed by atoms with Gasteiger partial charge in [0, 0.05) is 29.8 Å². The Morgan fingerprint density at radius 1 is 1.15 bits per heavy atom. The molecule has 0 unspecified atom stereocenters. The molecule has 2 aromatic carbocycles. The number of nitrogens with one attached hydrogen (secondary N) is 2. The fourth-order valence-electron chi connectivity index (χ4n) is 2.55. The number of nitro benzene ring substituents is 1. The minimum absolute atomic E-state index is 0.143. The Labute approximate surface area is 160 Å². The molecular formula is C18H18ClN3O5. The van der Waals surface area contributed by atoms with Gasteiger partial charge < -0.3 is 20.1 Å². The van der Waals surface area contributed by atoms with Gasteiger partial charge in [0.1, 0.15) is 17.2 Å². The normalized spacial score (nSPS) is 13.0. The van der Waals surface area contributed by atoms with Gasteiger partial charge in [0.15, 0.2) is 0 Å². The molecule has 1 aliphatic rings. The van der Waals surface area contributed by atoms with Gasteiger partial charge in [0.05, 0.1) is 29.9 Å². The Bertz CT molecular complexity index is 899. The van der Waals surface area contributed by atoms with Gasteiger partial charge in [0.2, 0.25) is 0 Å². The molecule has 0 atom stereocenters. The summed E-state index contributed by atoms with van der Waals surface area (Å²) in [7, 11) is 2.89. The molecule has 9 heteroatoms. The van der Waals surface area contributed by atoms with E-state index in [1.807, 2.05) is 0 Å². The summed E-state index contributed by atoms with van der Waals surface area (Å²) in [6, 6.07) is 7.63. The summed E-state index contributed by atoms with van der Waals surface area (Å²) in [6.07, 6.45) is 1.97. The molecular weight excluding hydrogens is 374 g/mol. The monoisotopic (exact) mass is 391 g/mol. The van der Waals surface area contributed by atoms with E-state index in [1.165, 1.54) is 38.5 Å². The second-order valence-electron chi connectivity index (χ2n) is 6.05. The number of nitro groups is 1. The van der Waals surface area contributed by atoms with Crippen LogP contribution in [0.25, 0.3) is 0 Å². The van der Waals surface area contributed by atoms with Crippen molar-refractivity contribution >= 4 is 34.6 Å². The smallest absolute Gasteiger partial charge is 0.293 e. The molecule has 0 aromatic heterocycles. The van der Waals surface area contributed by atoms with Crippen LogP contribution in [0.1, 0.15) is 23.2 Å². The van der Waals surface area contributed by atoms with E-state index >= 15 is 0 Å². The maximum atomic E-state index is 12.6. The number of carbonyl (C=O) groups excluding carboxylic acids is 1. The summed E-state index contributed by atoms with van der Waals surface area (Å²) in [6.45, 7) is 0. The molecule has 0 radical (unpaired) electrons. The van der Waals surface area contributed by atoms with Crippen molar-refractivity contribution in [3.05, 3.63) is 51.0 Å². The van der Waals surface area contributed by atoms with Crippen molar-refractivity contribution in [3.63, 3.8) is 0 Å². The predicted octanol–water partition coefficient (Wildman–Crippen LogP) is 4.09. The summed E-state index contributed by atoms with van der Waals surface area (Å²) in [4.78, 5) is 23.5. The van der Waals surface area contributed by atoms with E-state index in [0.29, 0.717) is 27.9 Å². The first-order valence-corrected chi connectivity index (χ1v) is 8.58. The molecule has 0 bridgehead atoms. The van der Waals surface area contributed by atoms with Crippen molar-refractivity contribution in [3.8, 4) is 11.5 Å². The summed E-state index contributed by atoms with van der Waals surface area (Å²) in [5.41, 5.74) is 0.755. The lowest BCUT2D eigenvalue weighted by Gasteiger charge is -2.13. The Balaban J connectivity index is 1.88. The second-order valence-corrected chi connectivity index (χ2v) is 6.46. The van der Waals surface area contributed by atoms with Gasteiger partial charge in [-0.3, -0.25) is 14.9 Å². The minimum atomic E-state index is -0.515. The highest BCUT2D eigenvalue weighted by Crippen LogP contribution is 2.36. The van der Waals surface area contributed by atoms with Gasteiger partial charge in [-0.2, -0.15) is 0 Å². The topological polar surface area (TPSA) is 103 Å². The quantitative estimate of drug-likeness (QED) is 0.544. The van der Waals surface area contributed by atoms with Crippen molar-refractivity contribution in [2.75, 3.05) is 24.9 Å². The van der Waals surface area contributed by atoms with Crippen LogP contribution in [0.2, 0.25) is 5.02 Å². The molecule has 1 aliphatic carbocycles. The third kappa shape index (κ3) is 4.22. The first-order valence-electron chi connectivity index (χ1n) is 8.20. The molecule has 0 aliphatic heterocycles. The first kappa shape index (κ1) is 18.8. The van der Waals surface area contributed by atoms with Gasteiger partial charge in [-0.05, 0) is 25.0 Å². The fourth-order valence-corrected chi connectivity index (χ4v) is 2.78. The number of amides is 1. The lowest BCUT2D eigenvalue weighted by molar-refractivity contribution is -0.384. The molecule has 2 aromatic rings. The predicted molar refractivity (Wildman–Crippen MR) is 102 cm³/mol. The largest absolute Gasteiger partial charge is 0.495 e. The molecule has 142 valence electrons. The highest BCUT2D eigenvalue weighted by atomic mass is 35.5. The van der Waals surface area contributed by atoms with Crippen LogP contribution < -0.4 is 20.1 Å². The van der Waals surface area contributed by atoms with E-state index in [0.717, 1.165) is 12.8 Å². The Morgan fingerprint density at radius 3 is 2.44 bits per heavy atom. The van der Waals surface area contributed by atoms with Gasteiger partial charge in [-0.1, -0.05) is 11.6 Å². The van der Waals surface area contributed by atoms with E-state index in [1.54, 1.807) is 6.07 Å². The van der Waals surface area contributed by atoms with Gasteiger partial charge >= 0.3 is 0 Å². The Hall–Kier alpha value is -3.00. The zero-order chi connectivity index (χ0) is 19.6. The number of hydrogen-bond donors (Lipinski definition) is 2. The zero-order valence-corrected chi connectivity index (χ0v) is 15.5. The van der Waals surface area contributed by atoms with E-state index in [-0.39, 0.29) is 17.3 Å². The SMILES string of the molecule is COc1cc(NC(=O)c2ccc(NC3CC3)c([N+](=O)[O-])c2)c(OC)cc1Cl. The third-order valence-electron chi connectivity index (χ3n) is 4.12. The summed E-state index contributed by atoms with van der Waals surface area (Å²) < 4.78 is 10.4. The van der Waals surface area contributed by atoms with Crippen LogP contribution in [0.3, 0.4) is 0 Å². The Morgan fingerprint density at radius 2 is 1.85 bits per heavy atom. The van der Waals surface area contributed by atoms with Crippen LogP contribution in [-0.4, -0.2) is 31.1 Å². The minimum Gasteiger partial charge on any atom is -0.495 e. The highest BCUT2D eigenvalue weighted by molar-refractivity contribution is 6.32. The number of anilines is 2. The zero-order valence-electron chi connectivity index (χ0n) is 14.7. The van der Waals surface area contributed by atoms with Crippen LogP contribution in [0.5, 0.6) is 11.5 Å². The number of rotatable bonds is 7. The number of methoxy groups -OCH3 is 2. The summed E-state index contributed by atoms with van der Waals surface area (Å²) >= 11 is 6.05. The van der Waals surface area contributed by atoms with Crippen LogP contribution in [-0.2, 0) is 0 Å². The second kappa shape index (κ2) is 7.71. The third-order valence-corrected chi connectivity index (χ3v) is 4.41. The molecule has 8 nitrogen and oxygen atoms in total. The molecule has 27 heavy (non-hydrogen) atoms.